The van der Waals surface area contributed by atoms with Crippen molar-refractivity contribution in [3.05, 3.63) is 59.1 Å². The van der Waals surface area contributed by atoms with E-state index in [0.717, 1.165) is 5.56 Å². The van der Waals surface area contributed by atoms with Gasteiger partial charge in [-0.3, -0.25) is 4.79 Å². The highest BCUT2D eigenvalue weighted by Crippen LogP contribution is 2.29. The van der Waals surface area contributed by atoms with Gasteiger partial charge in [-0.2, -0.15) is 4.31 Å². The second-order valence-corrected chi connectivity index (χ2v) is 9.88. The van der Waals surface area contributed by atoms with E-state index in [1.54, 1.807) is 48.4 Å². The Hall–Kier alpha value is -2.55. The van der Waals surface area contributed by atoms with E-state index >= 15 is 0 Å². The number of sulfonamides is 1. The van der Waals surface area contributed by atoms with Crippen LogP contribution in [-0.4, -0.2) is 62.9 Å². The lowest BCUT2D eigenvalue weighted by Crippen LogP contribution is -2.50. The van der Waals surface area contributed by atoms with Crippen molar-refractivity contribution in [2.45, 2.75) is 24.8 Å². The minimum absolute atomic E-state index is 0.0206. The molecule has 1 aliphatic rings. The van der Waals surface area contributed by atoms with Crippen molar-refractivity contribution in [3.8, 4) is 11.5 Å². The summed E-state index contributed by atoms with van der Waals surface area (Å²) >= 11 is 6.07. The number of methoxy groups -OCH3 is 1. The molecule has 0 aromatic heterocycles. The molecule has 0 radical (unpaired) electrons. The zero-order valence-electron chi connectivity index (χ0n) is 18.3. The molecule has 1 aliphatic heterocycles. The molecule has 2 aromatic carbocycles. The lowest BCUT2D eigenvalue weighted by Gasteiger charge is -2.33. The Morgan fingerprint density at radius 3 is 2.38 bits per heavy atom. The third-order valence-electron chi connectivity index (χ3n) is 4.97. The lowest BCUT2D eigenvalue weighted by molar-refractivity contribution is -0.127. The van der Waals surface area contributed by atoms with Gasteiger partial charge >= 0.3 is 0 Å². The molecule has 0 atom stereocenters. The van der Waals surface area contributed by atoms with Gasteiger partial charge in [-0.15, -0.1) is 0 Å². The fourth-order valence-corrected chi connectivity index (χ4v) is 5.27. The predicted molar refractivity (Wildman–Crippen MR) is 125 cm³/mol. The van der Waals surface area contributed by atoms with Gasteiger partial charge in [-0.1, -0.05) is 29.8 Å². The Bertz CT molecular complexity index is 1090. The molecule has 32 heavy (non-hydrogen) atoms. The number of rotatable bonds is 7. The maximum atomic E-state index is 12.9. The summed E-state index contributed by atoms with van der Waals surface area (Å²) in [6, 6.07) is 11.8. The Morgan fingerprint density at radius 2 is 1.75 bits per heavy atom. The summed E-state index contributed by atoms with van der Waals surface area (Å²) in [5.41, 5.74) is 0.797. The first-order valence-electron chi connectivity index (χ1n) is 10.3. The van der Waals surface area contributed by atoms with Crippen molar-refractivity contribution in [1.29, 1.82) is 0 Å². The van der Waals surface area contributed by atoms with E-state index in [9.17, 15) is 13.2 Å². The van der Waals surface area contributed by atoms with Crippen molar-refractivity contribution in [2.75, 3.05) is 33.3 Å². The summed E-state index contributed by atoms with van der Waals surface area (Å²) in [4.78, 5) is 14.3. The number of hydrogen-bond acceptors (Lipinski definition) is 5. The van der Waals surface area contributed by atoms with Gasteiger partial charge in [-0.05, 0) is 49.8 Å². The van der Waals surface area contributed by atoms with E-state index in [1.807, 2.05) is 19.9 Å². The van der Waals surface area contributed by atoms with Gasteiger partial charge in [0.1, 0.15) is 4.90 Å². The van der Waals surface area contributed by atoms with Gasteiger partial charge in [0, 0.05) is 32.3 Å². The predicted octanol–water partition coefficient (Wildman–Crippen LogP) is 3.68. The summed E-state index contributed by atoms with van der Waals surface area (Å²) in [5, 5.41) is 0.189. The van der Waals surface area contributed by atoms with Crippen LogP contribution in [0.4, 0.5) is 0 Å². The first kappa shape index (κ1) is 24.1. The molecule has 0 bridgehead atoms. The molecule has 1 saturated heterocycles. The monoisotopic (exact) mass is 478 g/mol. The number of ether oxygens (including phenoxy) is 2. The topological polar surface area (TPSA) is 76.2 Å². The normalized spacial score (nSPS) is 15.3. The zero-order valence-corrected chi connectivity index (χ0v) is 19.9. The van der Waals surface area contributed by atoms with Gasteiger partial charge in [0.2, 0.25) is 15.9 Å². The lowest BCUT2D eigenvalue weighted by atomic mass is 10.2. The minimum atomic E-state index is -3.70. The summed E-state index contributed by atoms with van der Waals surface area (Å²) in [6.07, 6.45) is 3.21. The van der Waals surface area contributed by atoms with Crippen molar-refractivity contribution in [2.24, 2.45) is 0 Å². The standard InChI is InChI=1S/C23H27ClN2O5S/c1-17(2)31-20-10-8-18(16-21(20)30-3)9-11-23(27)25-12-14-26(15-13-25)32(28,29)22-7-5-4-6-19(22)24/h4-11,16-17H,12-15H2,1-3H3. The summed E-state index contributed by atoms with van der Waals surface area (Å²) in [6.45, 7) is 4.90. The second kappa shape index (κ2) is 10.4. The maximum absolute atomic E-state index is 12.9. The third-order valence-corrected chi connectivity index (χ3v) is 7.37. The molecule has 3 rings (SSSR count). The molecule has 1 fully saturated rings. The Labute approximate surface area is 194 Å². The van der Waals surface area contributed by atoms with E-state index in [2.05, 4.69) is 0 Å². The third kappa shape index (κ3) is 5.62. The number of halogens is 1. The number of hydrogen-bond donors (Lipinski definition) is 0. The number of nitrogens with zero attached hydrogens (tertiary/aromatic N) is 2. The SMILES string of the molecule is COc1cc(C=CC(=O)N2CCN(S(=O)(=O)c3ccccc3Cl)CC2)ccc1OC(C)C. The maximum Gasteiger partial charge on any atom is 0.246 e. The van der Waals surface area contributed by atoms with Crippen LogP contribution in [0.3, 0.4) is 0 Å². The average molecular weight is 479 g/mol. The van der Waals surface area contributed by atoms with E-state index in [1.165, 1.54) is 16.4 Å². The summed E-state index contributed by atoms with van der Waals surface area (Å²) < 4.78 is 38.1. The van der Waals surface area contributed by atoms with Crippen LogP contribution >= 0.6 is 11.6 Å². The largest absolute Gasteiger partial charge is 0.493 e. The molecule has 9 heteroatoms. The van der Waals surface area contributed by atoms with Crippen LogP contribution in [0, 0.1) is 0 Å². The molecule has 0 N–H and O–H groups in total. The van der Waals surface area contributed by atoms with E-state index < -0.39 is 10.0 Å². The smallest absolute Gasteiger partial charge is 0.246 e. The summed E-state index contributed by atoms with van der Waals surface area (Å²) in [7, 11) is -2.13. The van der Waals surface area contributed by atoms with Gasteiger partial charge in [0.05, 0.1) is 18.2 Å². The fraction of sp³-hybridized carbons (Fsp3) is 0.348. The van der Waals surface area contributed by atoms with Gasteiger partial charge < -0.3 is 14.4 Å². The number of carbonyl (C=O) groups excluding carboxylic acids is 1. The first-order chi connectivity index (χ1) is 15.2. The highest BCUT2D eigenvalue weighted by atomic mass is 35.5. The molecule has 172 valence electrons. The summed E-state index contributed by atoms with van der Waals surface area (Å²) in [5.74, 6) is 1.05. The highest BCUT2D eigenvalue weighted by molar-refractivity contribution is 7.89. The Kier molecular flexibility index (Phi) is 7.82. The Balaban J connectivity index is 1.62. The zero-order chi connectivity index (χ0) is 23.3. The average Bonchev–Trinajstić information content (AvgIpc) is 2.78. The van der Waals surface area contributed by atoms with Crippen LogP contribution in [0.5, 0.6) is 11.5 Å². The molecule has 7 nitrogen and oxygen atoms in total. The van der Waals surface area contributed by atoms with Crippen LogP contribution in [-0.2, 0) is 14.8 Å². The number of amides is 1. The molecular weight excluding hydrogens is 452 g/mol. The molecule has 1 heterocycles. The van der Waals surface area contributed by atoms with Crippen LogP contribution in [0.1, 0.15) is 19.4 Å². The van der Waals surface area contributed by atoms with Gasteiger partial charge in [-0.25, -0.2) is 8.42 Å². The van der Waals surface area contributed by atoms with Crippen LogP contribution in [0.25, 0.3) is 6.08 Å². The highest BCUT2D eigenvalue weighted by Gasteiger charge is 2.30. The van der Waals surface area contributed by atoms with Crippen molar-refractivity contribution in [3.63, 3.8) is 0 Å². The molecule has 0 unspecified atom stereocenters. The van der Waals surface area contributed by atoms with Gasteiger partial charge in [0.25, 0.3) is 0 Å². The van der Waals surface area contributed by atoms with Crippen LogP contribution in [0.2, 0.25) is 5.02 Å². The van der Waals surface area contributed by atoms with Crippen LogP contribution < -0.4 is 9.47 Å². The molecule has 1 amide bonds. The van der Waals surface area contributed by atoms with E-state index in [0.29, 0.717) is 24.6 Å². The van der Waals surface area contributed by atoms with E-state index in [4.69, 9.17) is 21.1 Å². The van der Waals surface area contributed by atoms with Crippen LogP contribution in [0.15, 0.2) is 53.4 Å². The minimum Gasteiger partial charge on any atom is -0.493 e. The van der Waals surface area contributed by atoms with Crippen molar-refractivity contribution < 1.29 is 22.7 Å². The van der Waals surface area contributed by atoms with Crippen molar-refractivity contribution >= 4 is 33.6 Å². The molecule has 0 saturated carbocycles. The first-order valence-corrected chi connectivity index (χ1v) is 12.1. The molecule has 0 aliphatic carbocycles. The Morgan fingerprint density at radius 1 is 1.06 bits per heavy atom. The van der Waals surface area contributed by atoms with Gasteiger partial charge in [0.15, 0.2) is 11.5 Å². The number of benzene rings is 2. The molecule has 2 aromatic rings. The molecular formula is C23H27ClN2O5S. The molecule has 0 spiro atoms. The number of carbonyl (C=O) groups is 1. The second-order valence-electron chi connectivity index (χ2n) is 7.57. The van der Waals surface area contributed by atoms with E-state index in [-0.39, 0.29) is 35.0 Å². The fourth-order valence-electron chi connectivity index (χ4n) is 3.35. The quantitative estimate of drug-likeness (QED) is 0.567. The van der Waals surface area contributed by atoms with Crippen molar-refractivity contribution in [1.82, 2.24) is 9.21 Å². The number of piperazine rings is 1.